The van der Waals surface area contributed by atoms with Crippen LogP contribution in [0.3, 0.4) is 0 Å². The highest BCUT2D eigenvalue weighted by Crippen LogP contribution is 2.61. The number of carbonyl (C=O) groups excluding carboxylic acids is 2. The van der Waals surface area contributed by atoms with Crippen molar-refractivity contribution in [3.8, 4) is 0 Å². The van der Waals surface area contributed by atoms with Crippen LogP contribution in [0.2, 0.25) is 0 Å². The molecule has 31 heavy (non-hydrogen) atoms. The first-order chi connectivity index (χ1) is 15.0. The van der Waals surface area contributed by atoms with E-state index in [2.05, 4.69) is 26.8 Å². The van der Waals surface area contributed by atoms with Gasteiger partial charge in [-0.2, -0.15) is 0 Å². The van der Waals surface area contributed by atoms with Gasteiger partial charge in [-0.05, 0) is 68.8 Å². The third-order valence-corrected chi connectivity index (χ3v) is 9.53. The molecular weight excluding hydrogens is 406 g/mol. The van der Waals surface area contributed by atoms with Crippen LogP contribution in [0.4, 0.5) is 0 Å². The van der Waals surface area contributed by atoms with Crippen LogP contribution in [-0.4, -0.2) is 22.8 Å². The number of aryl methyl sites for hydroxylation is 1. The standard InChI is InChI=1S/C26H35NO3S/c1-4-16-9-6-5-8-14(2)25(29)21-12-19-17-10-7-11-18(17)26-24(27-15(3)31-26)23(19)20(21)13-22(28)30-16/h12,14,16-20,23H,4-11,13H2,1-3H3/t14-,16+,17-,18?,19+,20-,23-/m1/s1. The van der Waals surface area contributed by atoms with Gasteiger partial charge in [0, 0.05) is 22.6 Å². The Kier molecular flexibility index (Phi) is 5.83. The molecular formula is C26H35NO3S. The van der Waals surface area contributed by atoms with Gasteiger partial charge in [-0.3, -0.25) is 9.59 Å². The van der Waals surface area contributed by atoms with E-state index in [1.807, 2.05) is 11.3 Å². The van der Waals surface area contributed by atoms with Crippen LogP contribution in [0.5, 0.6) is 0 Å². The molecule has 1 aliphatic heterocycles. The summed E-state index contributed by atoms with van der Waals surface area (Å²) in [6.45, 7) is 6.28. The maximum atomic E-state index is 13.6. The molecule has 0 radical (unpaired) electrons. The lowest BCUT2D eigenvalue weighted by molar-refractivity contribution is -0.150. The number of rotatable bonds is 1. The maximum absolute atomic E-state index is 13.6. The summed E-state index contributed by atoms with van der Waals surface area (Å²) in [5, 5.41) is 1.12. The van der Waals surface area contributed by atoms with Gasteiger partial charge in [-0.1, -0.05) is 32.8 Å². The first-order valence-corrected chi connectivity index (χ1v) is 13.2. The van der Waals surface area contributed by atoms with Crippen molar-refractivity contribution in [3.63, 3.8) is 0 Å². The molecule has 2 fully saturated rings. The van der Waals surface area contributed by atoms with E-state index >= 15 is 0 Å². The molecule has 1 aromatic heterocycles. The average Bonchev–Trinajstić information content (AvgIpc) is 3.45. The summed E-state index contributed by atoms with van der Waals surface area (Å²) >= 11 is 1.85. The first kappa shape index (κ1) is 21.4. The molecule has 3 aliphatic carbocycles. The van der Waals surface area contributed by atoms with Crippen molar-refractivity contribution in [2.75, 3.05) is 0 Å². The molecule has 5 heteroatoms. The second kappa shape index (κ2) is 8.46. The first-order valence-electron chi connectivity index (χ1n) is 12.4. The van der Waals surface area contributed by atoms with E-state index in [1.54, 1.807) is 0 Å². The zero-order valence-corrected chi connectivity index (χ0v) is 19.9. The number of aromatic nitrogens is 1. The van der Waals surface area contributed by atoms with Crippen LogP contribution in [0.25, 0.3) is 0 Å². The number of nitrogens with zero attached hydrogens (tertiary/aromatic N) is 1. The van der Waals surface area contributed by atoms with E-state index in [-0.39, 0.29) is 35.6 Å². The van der Waals surface area contributed by atoms with Crippen molar-refractivity contribution in [3.05, 3.63) is 27.2 Å². The number of ketones is 1. The molecule has 0 N–H and O–H groups in total. The van der Waals surface area contributed by atoms with Gasteiger partial charge in [0.05, 0.1) is 17.1 Å². The van der Waals surface area contributed by atoms with Crippen molar-refractivity contribution in [1.29, 1.82) is 0 Å². The lowest BCUT2D eigenvalue weighted by Crippen LogP contribution is -2.32. The quantitative estimate of drug-likeness (QED) is 0.494. The van der Waals surface area contributed by atoms with Gasteiger partial charge in [0.1, 0.15) is 6.10 Å². The van der Waals surface area contributed by atoms with Gasteiger partial charge in [0.15, 0.2) is 5.78 Å². The second-order valence-corrected chi connectivity index (χ2v) is 11.5. The smallest absolute Gasteiger partial charge is 0.306 e. The number of allylic oxidation sites excluding steroid dienone is 2. The predicted molar refractivity (Wildman–Crippen MR) is 122 cm³/mol. The number of carbonyl (C=O) groups is 2. The fourth-order valence-corrected chi connectivity index (χ4v) is 8.09. The fraction of sp³-hybridized carbons (Fsp3) is 0.731. The minimum absolute atomic E-state index is 0.00482. The van der Waals surface area contributed by atoms with Crippen LogP contribution < -0.4 is 0 Å². The Balaban J connectivity index is 1.55. The molecule has 0 aromatic carbocycles. The fourth-order valence-electron chi connectivity index (χ4n) is 6.90. The Morgan fingerprint density at radius 2 is 1.90 bits per heavy atom. The number of thiazole rings is 1. The lowest BCUT2D eigenvalue weighted by atomic mass is 9.67. The van der Waals surface area contributed by atoms with Crippen molar-refractivity contribution < 1.29 is 14.3 Å². The monoisotopic (exact) mass is 441 g/mol. The highest BCUT2D eigenvalue weighted by atomic mass is 32.1. The lowest BCUT2D eigenvalue weighted by Gasteiger charge is -2.37. The molecule has 0 spiro atoms. The third kappa shape index (κ3) is 3.71. The normalized spacial score (nSPS) is 38.2. The number of fused-ring (bicyclic) bond motifs is 8. The number of esters is 1. The zero-order valence-electron chi connectivity index (χ0n) is 19.1. The van der Waals surface area contributed by atoms with Crippen LogP contribution in [0.15, 0.2) is 11.6 Å². The molecule has 0 bridgehead atoms. The molecule has 0 amide bonds. The highest BCUT2D eigenvalue weighted by molar-refractivity contribution is 7.11. The minimum Gasteiger partial charge on any atom is -0.462 e. The number of Topliss-reactive ketones (excluding diaryl/α,β-unsaturated/α-hetero) is 1. The predicted octanol–water partition coefficient (Wildman–Crippen LogP) is 6.10. The van der Waals surface area contributed by atoms with Gasteiger partial charge in [-0.25, -0.2) is 4.98 Å². The van der Waals surface area contributed by atoms with Crippen LogP contribution >= 0.6 is 11.3 Å². The third-order valence-electron chi connectivity index (χ3n) is 8.41. The van der Waals surface area contributed by atoms with Crippen LogP contribution in [-0.2, 0) is 14.3 Å². The molecule has 168 valence electrons. The molecule has 4 aliphatic rings. The molecule has 2 heterocycles. The minimum atomic E-state index is -0.133. The summed E-state index contributed by atoms with van der Waals surface area (Å²) < 4.78 is 5.91. The van der Waals surface area contributed by atoms with E-state index in [9.17, 15) is 9.59 Å². The van der Waals surface area contributed by atoms with E-state index in [0.717, 1.165) is 42.7 Å². The molecule has 5 rings (SSSR count). The Morgan fingerprint density at radius 3 is 2.71 bits per heavy atom. The largest absolute Gasteiger partial charge is 0.462 e. The number of hydrogen-bond donors (Lipinski definition) is 0. The Morgan fingerprint density at radius 1 is 1.10 bits per heavy atom. The number of cyclic esters (lactones) is 1. The van der Waals surface area contributed by atoms with Crippen molar-refractivity contribution in [2.24, 2.45) is 23.7 Å². The second-order valence-electron chi connectivity index (χ2n) is 10.3. The molecule has 1 saturated heterocycles. The summed E-state index contributed by atoms with van der Waals surface area (Å²) in [5.74, 6) is 1.78. The summed E-state index contributed by atoms with van der Waals surface area (Å²) in [6, 6.07) is 0. The van der Waals surface area contributed by atoms with E-state index in [0.29, 0.717) is 24.2 Å². The van der Waals surface area contributed by atoms with E-state index < -0.39 is 0 Å². The van der Waals surface area contributed by atoms with Gasteiger partial charge < -0.3 is 4.74 Å². The van der Waals surface area contributed by atoms with E-state index in [1.165, 1.54) is 29.8 Å². The van der Waals surface area contributed by atoms with Crippen molar-refractivity contribution >= 4 is 23.1 Å². The number of ether oxygens (including phenoxy) is 1. The Labute approximate surface area is 189 Å². The summed E-state index contributed by atoms with van der Waals surface area (Å²) in [6.07, 6.45) is 11.1. The maximum Gasteiger partial charge on any atom is 0.306 e. The van der Waals surface area contributed by atoms with E-state index in [4.69, 9.17) is 9.72 Å². The SMILES string of the molecule is CC[C@H]1CCCC[C@@H](C)C(=O)C2=C[C@@H]3[C@@H](c4nc(C)sc4C4CCC[C@H]43)[C@@H]2CC(=O)O1. The Bertz CT molecular complexity index is 902. The molecule has 1 unspecified atom stereocenters. The molecule has 7 atom stereocenters. The summed E-state index contributed by atoms with van der Waals surface area (Å²) in [4.78, 5) is 33.1. The van der Waals surface area contributed by atoms with Gasteiger partial charge in [0.25, 0.3) is 0 Å². The van der Waals surface area contributed by atoms with Crippen molar-refractivity contribution in [2.45, 2.75) is 96.5 Å². The van der Waals surface area contributed by atoms with Gasteiger partial charge in [0.2, 0.25) is 0 Å². The Hall–Kier alpha value is -1.49. The summed E-state index contributed by atoms with van der Waals surface area (Å²) in [5.41, 5.74) is 2.11. The number of hydrogen-bond acceptors (Lipinski definition) is 5. The van der Waals surface area contributed by atoms with Crippen molar-refractivity contribution in [1.82, 2.24) is 4.98 Å². The molecule has 1 aromatic rings. The van der Waals surface area contributed by atoms with Crippen LogP contribution in [0, 0.1) is 30.6 Å². The molecule has 4 nitrogen and oxygen atoms in total. The van der Waals surface area contributed by atoms with Gasteiger partial charge in [-0.15, -0.1) is 11.3 Å². The summed E-state index contributed by atoms with van der Waals surface area (Å²) in [7, 11) is 0. The zero-order chi connectivity index (χ0) is 21.7. The van der Waals surface area contributed by atoms with Crippen LogP contribution in [0.1, 0.15) is 99.0 Å². The molecule has 1 saturated carbocycles. The highest BCUT2D eigenvalue weighted by Gasteiger charge is 2.53. The van der Waals surface area contributed by atoms with Gasteiger partial charge >= 0.3 is 5.97 Å². The average molecular weight is 442 g/mol. The topological polar surface area (TPSA) is 56.3 Å².